The molecule has 0 bridgehead atoms. The third-order valence-electron chi connectivity index (χ3n) is 5.84. The highest BCUT2D eigenvalue weighted by Gasteiger charge is 2.42. The topological polar surface area (TPSA) is 58.6 Å². The number of aryl methyl sites for hydroxylation is 1. The van der Waals surface area contributed by atoms with Crippen LogP contribution in [-0.4, -0.2) is 18.9 Å². The molecule has 2 atom stereocenters. The van der Waals surface area contributed by atoms with Gasteiger partial charge >= 0.3 is 0 Å². The highest BCUT2D eigenvalue weighted by Crippen LogP contribution is 2.43. The van der Waals surface area contributed by atoms with E-state index >= 15 is 0 Å². The van der Waals surface area contributed by atoms with Crippen LogP contribution >= 0.6 is 15.9 Å². The van der Waals surface area contributed by atoms with Gasteiger partial charge in [0.1, 0.15) is 5.75 Å². The predicted octanol–water partition coefficient (Wildman–Crippen LogP) is 5.89. The molecule has 0 radical (unpaired) electrons. The van der Waals surface area contributed by atoms with Gasteiger partial charge in [0.15, 0.2) is 0 Å². The maximum Gasteiger partial charge on any atom is 0.229 e. The van der Waals surface area contributed by atoms with Crippen molar-refractivity contribution in [3.8, 4) is 5.75 Å². The van der Waals surface area contributed by atoms with E-state index < -0.39 is 12.0 Å². The number of piperidine rings is 1. The normalized spacial score (nSPS) is 18.3. The Kier molecular flexibility index (Phi) is 6.61. The zero-order valence-corrected chi connectivity index (χ0v) is 19.6. The number of nitrogens with one attached hydrogen (secondary N) is 1. The summed E-state index contributed by atoms with van der Waals surface area (Å²) < 4.78 is 6.44. The number of halogens is 1. The summed E-state index contributed by atoms with van der Waals surface area (Å²) in [6, 6.07) is 22.4. The Morgan fingerprint density at radius 3 is 2.44 bits per heavy atom. The summed E-state index contributed by atoms with van der Waals surface area (Å²) in [5.74, 6) is 0.0764. The Morgan fingerprint density at radius 1 is 1.03 bits per heavy atom. The number of amides is 2. The van der Waals surface area contributed by atoms with Crippen LogP contribution in [0.3, 0.4) is 0 Å². The quantitative estimate of drug-likeness (QED) is 0.482. The molecule has 0 aromatic heterocycles. The zero-order valence-electron chi connectivity index (χ0n) is 18.0. The lowest BCUT2D eigenvalue weighted by Gasteiger charge is -2.41. The minimum Gasteiger partial charge on any atom is -0.496 e. The number of carbonyl (C=O) groups is 2. The van der Waals surface area contributed by atoms with E-state index in [2.05, 4.69) is 21.2 Å². The summed E-state index contributed by atoms with van der Waals surface area (Å²) in [5, 5.41) is 3.05. The summed E-state index contributed by atoms with van der Waals surface area (Å²) in [6.45, 7) is 2.01. The van der Waals surface area contributed by atoms with Gasteiger partial charge in [-0.25, -0.2) is 0 Å². The smallest absolute Gasteiger partial charge is 0.229 e. The molecule has 0 aliphatic carbocycles. The largest absolute Gasteiger partial charge is 0.496 e. The standard InChI is InChI=1S/C26H25BrN2O3/c1-17-11-13-18(14-12-17)29-24(30)16-15-20(25(29)19-7-3-6-10-23(19)32-2)26(31)28-22-9-5-4-8-21(22)27/h3-14,20,25H,15-16H2,1-2H3,(H,28,31). The third kappa shape index (κ3) is 4.41. The van der Waals surface area contributed by atoms with Gasteiger partial charge in [0.25, 0.3) is 0 Å². The van der Waals surface area contributed by atoms with Crippen LogP contribution in [0.4, 0.5) is 11.4 Å². The first-order valence-corrected chi connectivity index (χ1v) is 11.4. The summed E-state index contributed by atoms with van der Waals surface area (Å²) in [4.78, 5) is 28.5. The minimum atomic E-state index is -0.488. The zero-order chi connectivity index (χ0) is 22.7. The number of hydrogen-bond acceptors (Lipinski definition) is 3. The number of carbonyl (C=O) groups excluding carboxylic acids is 2. The fourth-order valence-electron chi connectivity index (χ4n) is 4.23. The number of ether oxygens (including phenoxy) is 1. The first-order chi connectivity index (χ1) is 15.5. The van der Waals surface area contributed by atoms with E-state index in [1.807, 2.05) is 79.7 Å². The summed E-state index contributed by atoms with van der Waals surface area (Å²) >= 11 is 3.50. The maximum absolute atomic E-state index is 13.5. The van der Waals surface area contributed by atoms with E-state index in [-0.39, 0.29) is 11.8 Å². The average Bonchev–Trinajstić information content (AvgIpc) is 2.81. The summed E-state index contributed by atoms with van der Waals surface area (Å²) in [5.41, 5.74) is 3.40. The van der Waals surface area contributed by atoms with Gasteiger partial charge in [-0.2, -0.15) is 0 Å². The van der Waals surface area contributed by atoms with Gasteiger partial charge in [0.2, 0.25) is 11.8 Å². The predicted molar refractivity (Wildman–Crippen MR) is 130 cm³/mol. The van der Waals surface area contributed by atoms with Crippen molar-refractivity contribution < 1.29 is 14.3 Å². The lowest BCUT2D eigenvalue weighted by atomic mass is 9.82. The molecular formula is C26H25BrN2O3. The molecule has 6 heteroatoms. The number of nitrogens with zero attached hydrogens (tertiary/aromatic N) is 1. The molecule has 3 aromatic rings. The molecule has 3 aromatic carbocycles. The van der Waals surface area contributed by atoms with E-state index in [9.17, 15) is 9.59 Å². The van der Waals surface area contributed by atoms with Gasteiger partial charge in [-0.3, -0.25) is 9.59 Å². The van der Waals surface area contributed by atoms with Crippen molar-refractivity contribution in [3.63, 3.8) is 0 Å². The van der Waals surface area contributed by atoms with Crippen molar-refractivity contribution in [3.05, 3.63) is 88.4 Å². The lowest BCUT2D eigenvalue weighted by molar-refractivity contribution is -0.125. The van der Waals surface area contributed by atoms with Crippen LogP contribution in [-0.2, 0) is 9.59 Å². The van der Waals surface area contributed by atoms with E-state index in [1.54, 1.807) is 12.0 Å². The SMILES string of the molecule is COc1ccccc1C1C(C(=O)Nc2ccccc2Br)CCC(=O)N1c1ccc(C)cc1. The van der Waals surface area contributed by atoms with Crippen LogP contribution < -0.4 is 15.0 Å². The minimum absolute atomic E-state index is 0.00491. The molecule has 1 aliphatic rings. The average molecular weight is 493 g/mol. The number of methoxy groups -OCH3 is 1. The van der Waals surface area contributed by atoms with Gasteiger partial charge in [0, 0.05) is 22.1 Å². The Hall–Kier alpha value is -3.12. The first kappa shape index (κ1) is 22.1. The van der Waals surface area contributed by atoms with Gasteiger partial charge in [-0.05, 0) is 59.6 Å². The highest BCUT2D eigenvalue weighted by molar-refractivity contribution is 9.10. The Morgan fingerprint density at radius 2 is 1.72 bits per heavy atom. The van der Waals surface area contributed by atoms with E-state index in [1.165, 1.54) is 0 Å². The number of benzene rings is 3. The van der Waals surface area contributed by atoms with Crippen molar-refractivity contribution in [2.45, 2.75) is 25.8 Å². The molecule has 4 rings (SSSR count). The molecule has 0 spiro atoms. The Balaban J connectivity index is 1.79. The number of para-hydroxylation sites is 2. The number of hydrogen-bond donors (Lipinski definition) is 1. The first-order valence-electron chi connectivity index (χ1n) is 10.6. The van der Waals surface area contributed by atoms with Crippen molar-refractivity contribution in [2.24, 2.45) is 5.92 Å². The van der Waals surface area contributed by atoms with E-state index in [0.717, 1.165) is 21.3 Å². The summed E-state index contributed by atoms with van der Waals surface area (Å²) in [7, 11) is 1.61. The number of rotatable bonds is 5. The Bertz CT molecular complexity index is 1130. The molecule has 1 heterocycles. The van der Waals surface area contributed by atoms with Gasteiger partial charge in [-0.15, -0.1) is 0 Å². The van der Waals surface area contributed by atoms with Crippen LogP contribution in [0, 0.1) is 12.8 Å². The molecule has 1 fully saturated rings. The van der Waals surface area contributed by atoms with Gasteiger partial charge < -0.3 is 15.0 Å². The van der Waals surface area contributed by atoms with Gasteiger partial charge in [0.05, 0.1) is 24.8 Å². The molecule has 1 saturated heterocycles. The second-order valence-corrected chi connectivity index (χ2v) is 8.75. The van der Waals surface area contributed by atoms with Crippen molar-refractivity contribution in [1.29, 1.82) is 0 Å². The lowest BCUT2D eigenvalue weighted by Crippen LogP contribution is -2.47. The molecule has 1 aliphatic heterocycles. The molecule has 2 amide bonds. The van der Waals surface area contributed by atoms with Crippen LogP contribution in [0.5, 0.6) is 5.75 Å². The Labute approximate surface area is 196 Å². The molecule has 164 valence electrons. The second kappa shape index (κ2) is 9.57. The molecule has 5 nitrogen and oxygen atoms in total. The van der Waals surface area contributed by atoms with E-state index in [0.29, 0.717) is 24.3 Å². The molecule has 0 saturated carbocycles. The molecule has 32 heavy (non-hydrogen) atoms. The molecule has 1 N–H and O–H groups in total. The maximum atomic E-state index is 13.5. The van der Waals surface area contributed by atoms with Crippen LogP contribution in [0.2, 0.25) is 0 Å². The van der Waals surface area contributed by atoms with Crippen molar-refractivity contribution in [2.75, 3.05) is 17.3 Å². The number of anilines is 2. The van der Waals surface area contributed by atoms with Crippen LogP contribution in [0.25, 0.3) is 0 Å². The monoisotopic (exact) mass is 492 g/mol. The fraction of sp³-hybridized carbons (Fsp3) is 0.231. The highest BCUT2D eigenvalue weighted by atomic mass is 79.9. The van der Waals surface area contributed by atoms with Crippen molar-refractivity contribution >= 4 is 39.1 Å². The van der Waals surface area contributed by atoms with Gasteiger partial charge in [-0.1, -0.05) is 48.0 Å². The van der Waals surface area contributed by atoms with Crippen molar-refractivity contribution in [1.82, 2.24) is 0 Å². The van der Waals surface area contributed by atoms with Crippen LogP contribution in [0.1, 0.15) is 30.0 Å². The molecule has 2 unspecified atom stereocenters. The second-order valence-electron chi connectivity index (χ2n) is 7.90. The molecular weight excluding hydrogens is 468 g/mol. The van der Waals surface area contributed by atoms with Crippen LogP contribution in [0.15, 0.2) is 77.3 Å². The third-order valence-corrected chi connectivity index (χ3v) is 6.53. The van der Waals surface area contributed by atoms with E-state index in [4.69, 9.17) is 4.74 Å². The fourth-order valence-corrected chi connectivity index (χ4v) is 4.62. The summed E-state index contributed by atoms with van der Waals surface area (Å²) in [6.07, 6.45) is 0.758.